The van der Waals surface area contributed by atoms with E-state index >= 15 is 0 Å². The third kappa shape index (κ3) is 3.29. The summed E-state index contributed by atoms with van der Waals surface area (Å²) in [5, 5.41) is 0. The first-order chi connectivity index (χ1) is 6.08. The quantitative estimate of drug-likeness (QED) is 0.360. The summed E-state index contributed by atoms with van der Waals surface area (Å²) in [6.45, 7) is 3.48. The summed E-state index contributed by atoms with van der Waals surface area (Å²) in [6, 6.07) is 0. The Morgan fingerprint density at radius 1 is 1.23 bits per heavy atom. The van der Waals surface area contributed by atoms with E-state index in [4.69, 9.17) is 13.9 Å². The minimum atomic E-state index is -0.472. The van der Waals surface area contributed by atoms with Gasteiger partial charge >= 0.3 is 5.97 Å². The van der Waals surface area contributed by atoms with Crippen LogP contribution in [-0.4, -0.2) is 37.0 Å². The zero-order chi connectivity index (χ0) is 10.4. The molecule has 0 unspecified atom stereocenters. The van der Waals surface area contributed by atoms with Crippen LogP contribution in [0.5, 0.6) is 0 Å². The van der Waals surface area contributed by atoms with Gasteiger partial charge in [0.05, 0.1) is 0 Å². The van der Waals surface area contributed by atoms with Crippen molar-refractivity contribution >= 4 is 16.5 Å². The van der Waals surface area contributed by atoms with Crippen LogP contribution in [0, 0.1) is 0 Å². The maximum atomic E-state index is 11.1. The second-order valence-corrected chi connectivity index (χ2v) is 3.01. The molecule has 0 saturated heterocycles. The van der Waals surface area contributed by atoms with Crippen LogP contribution in [0.1, 0.15) is 13.8 Å². The van der Waals surface area contributed by atoms with Gasteiger partial charge in [-0.15, -0.1) is 0 Å². The Morgan fingerprint density at radius 3 is 2.00 bits per heavy atom. The van der Waals surface area contributed by atoms with Crippen molar-refractivity contribution in [3.05, 3.63) is 11.1 Å². The summed E-state index contributed by atoms with van der Waals surface area (Å²) in [7, 11) is 3.45. The molecule has 0 aromatic heterocycles. The molecule has 5 heteroatoms. The second-order valence-electron chi connectivity index (χ2n) is 2.60. The number of ether oxygens (including phenoxy) is 2. The van der Waals surface area contributed by atoms with E-state index in [1.165, 1.54) is 14.2 Å². The SMILES string of the molecule is COC(OC)C(C)=C(C)C(=O)O[SiH3]. The van der Waals surface area contributed by atoms with Gasteiger partial charge in [0.25, 0.3) is 0 Å². The standard InChI is InChI=1S/C8H16O4Si/c1-5(7(9)12-13)6(2)8(10-3)11-4/h8H,1-4,13H3. The fraction of sp³-hybridized carbons (Fsp3) is 0.625. The van der Waals surface area contributed by atoms with E-state index in [9.17, 15) is 4.79 Å². The number of hydrogen-bond acceptors (Lipinski definition) is 4. The van der Waals surface area contributed by atoms with Gasteiger partial charge in [0.2, 0.25) is 10.5 Å². The lowest BCUT2D eigenvalue weighted by Crippen LogP contribution is -2.18. The number of carbonyl (C=O) groups excluding carboxylic acids is 1. The first kappa shape index (κ1) is 12.3. The number of methoxy groups -OCH3 is 2. The molecule has 0 aliphatic carbocycles. The molecule has 0 aromatic carbocycles. The number of hydrogen-bond donors (Lipinski definition) is 0. The maximum Gasteiger partial charge on any atom is 0.319 e. The van der Waals surface area contributed by atoms with Crippen molar-refractivity contribution in [2.75, 3.05) is 14.2 Å². The van der Waals surface area contributed by atoms with Crippen molar-refractivity contribution < 1.29 is 18.7 Å². The molecular formula is C8H16O4Si. The van der Waals surface area contributed by atoms with Crippen molar-refractivity contribution in [2.24, 2.45) is 0 Å². The minimum Gasteiger partial charge on any atom is -0.526 e. The van der Waals surface area contributed by atoms with Crippen LogP contribution in [0.25, 0.3) is 0 Å². The van der Waals surface area contributed by atoms with E-state index < -0.39 is 6.29 Å². The fourth-order valence-corrected chi connectivity index (χ4v) is 1.25. The number of rotatable bonds is 4. The van der Waals surface area contributed by atoms with Gasteiger partial charge < -0.3 is 13.9 Å². The van der Waals surface area contributed by atoms with E-state index in [1.54, 1.807) is 13.8 Å². The third-order valence-corrected chi connectivity index (χ3v) is 2.24. The van der Waals surface area contributed by atoms with Gasteiger partial charge in [-0.3, -0.25) is 0 Å². The average Bonchev–Trinajstić information content (AvgIpc) is 2.17. The highest BCUT2D eigenvalue weighted by atomic mass is 28.2. The highest BCUT2D eigenvalue weighted by Crippen LogP contribution is 2.12. The Labute approximate surface area is 81.4 Å². The molecule has 0 saturated carbocycles. The van der Waals surface area contributed by atoms with Crippen molar-refractivity contribution in [3.63, 3.8) is 0 Å². The predicted molar refractivity (Wildman–Crippen MR) is 52.2 cm³/mol. The van der Waals surface area contributed by atoms with Crippen LogP contribution in [0.2, 0.25) is 0 Å². The van der Waals surface area contributed by atoms with Gasteiger partial charge in [-0.05, 0) is 19.4 Å². The Balaban J connectivity index is 4.67. The van der Waals surface area contributed by atoms with Gasteiger partial charge in [-0.1, -0.05) is 0 Å². The minimum absolute atomic E-state index is 0.303. The topological polar surface area (TPSA) is 44.8 Å². The Hall–Kier alpha value is -0.653. The monoisotopic (exact) mass is 204 g/mol. The van der Waals surface area contributed by atoms with Crippen LogP contribution >= 0.6 is 0 Å². The van der Waals surface area contributed by atoms with Crippen LogP contribution in [0.4, 0.5) is 0 Å². The molecule has 0 radical (unpaired) electrons. The molecule has 0 aliphatic rings. The Kier molecular flexibility index (Phi) is 5.61. The van der Waals surface area contributed by atoms with Gasteiger partial charge in [-0.25, -0.2) is 4.79 Å². The third-order valence-electron chi connectivity index (χ3n) is 1.86. The van der Waals surface area contributed by atoms with Gasteiger partial charge in [0.15, 0.2) is 6.29 Å². The van der Waals surface area contributed by atoms with E-state index in [1.807, 2.05) is 0 Å². The Bertz CT molecular complexity index is 208. The lowest BCUT2D eigenvalue weighted by molar-refractivity contribution is -0.130. The summed E-state index contributed by atoms with van der Waals surface area (Å²) in [4.78, 5) is 11.1. The average molecular weight is 204 g/mol. The van der Waals surface area contributed by atoms with Crippen molar-refractivity contribution in [1.29, 1.82) is 0 Å². The molecular weight excluding hydrogens is 188 g/mol. The Morgan fingerprint density at radius 2 is 1.69 bits per heavy atom. The normalized spacial score (nSPS) is 13.0. The lowest BCUT2D eigenvalue weighted by atomic mass is 10.1. The highest BCUT2D eigenvalue weighted by Gasteiger charge is 2.15. The van der Waals surface area contributed by atoms with Crippen LogP contribution < -0.4 is 0 Å². The lowest BCUT2D eigenvalue weighted by Gasteiger charge is -2.15. The van der Waals surface area contributed by atoms with Crippen LogP contribution in [0.15, 0.2) is 11.1 Å². The molecule has 0 atom stereocenters. The molecule has 0 aromatic rings. The molecule has 0 spiro atoms. The molecule has 0 aliphatic heterocycles. The molecule has 0 N–H and O–H groups in total. The van der Waals surface area contributed by atoms with E-state index in [0.717, 1.165) is 5.57 Å². The molecule has 4 nitrogen and oxygen atoms in total. The fourth-order valence-electron chi connectivity index (χ4n) is 0.941. The summed E-state index contributed by atoms with van der Waals surface area (Å²) in [5.74, 6) is -0.303. The smallest absolute Gasteiger partial charge is 0.319 e. The largest absolute Gasteiger partial charge is 0.526 e. The molecule has 0 fully saturated rings. The van der Waals surface area contributed by atoms with Gasteiger partial charge in [0, 0.05) is 19.8 Å². The second kappa shape index (κ2) is 5.90. The summed E-state index contributed by atoms with van der Waals surface area (Å²) in [5.41, 5.74) is 1.29. The predicted octanol–water partition coefficient (Wildman–Crippen LogP) is -0.235. The van der Waals surface area contributed by atoms with E-state index in [-0.39, 0.29) is 5.97 Å². The van der Waals surface area contributed by atoms with E-state index in [2.05, 4.69) is 0 Å². The van der Waals surface area contributed by atoms with Crippen molar-refractivity contribution in [1.82, 2.24) is 0 Å². The van der Waals surface area contributed by atoms with Gasteiger partial charge in [-0.2, -0.15) is 0 Å². The number of carbonyl (C=O) groups is 1. The summed E-state index contributed by atoms with van der Waals surface area (Å²) in [6.07, 6.45) is -0.472. The zero-order valence-corrected chi connectivity index (χ0v) is 10.7. The molecule has 13 heavy (non-hydrogen) atoms. The van der Waals surface area contributed by atoms with Crippen molar-refractivity contribution in [3.8, 4) is 0 Å². The molecule has 76 valence electrons. The molecule has 0 amide bonds. The first-order valence-corrected chi connectivity index (χ1v) is 4.71. The summed E-state index contributed by atoms with van der Waals surface area (Å²) < 4.78 is 14.7. The maximum absolute atomic E-state index is 11.1. The highest BCUT2D eigenvalue weighted by molar-refractivity contribution is 6.09. The van der Waals surface area contributed by atoms with Gasteiger partial charge in [0.1, 0.15) is 0 Å². The van der Waals surface area contributed by atoms with E-state index in [0.29, 0.717) is 16.1 Å². The van der Waals surface area contributed by atoms with Crippen LogP contribution in [0.3, 0.4) is 0 Å². The molecule has 0 bridgehead atoms. The van der Waals surface area contributed by atoms with Crippen molar-refractivity contribution in [2.45, 2.75) is 20.1 Å². The first-order valence-electron chi connectivity index (χ1n) is 3.89. The zero-order valence-electron chi connectivity index (χ0n) is 8.71. The molecule has 0 rings (SSSR count). The van der Waals surface area contributed by atoms with Crippen LogP contribution in [-0.2, 0) is 18.7 Å². The molecule has 0 heterocycles. The summed E-state index contributed by atoms with van der Waals surface area (Å²) >= 11 is 0.